The normalized spacial score (nSPS) is 20.0. The summed E-state index contributed by atoms with van der Waals surface area (Å²) in [5.41, 5.74) is 6.12. The van der Waals surface area contributed by atoms with Crippen molar-refractivity contribution in [1.82, 2.24) is 4.90 Å². The predicted octanol–water partition coefficient (Wildman–Crippen LogP) is 2.54. The maximum absolute atomic E-state index is 6.12. The Labute approximate surface area is 97.6 Å². The van der Waals surface area contributed by atoms with Gasteiger partial charge in [0.05, 0.1) is 12.3 Å². The van der Waals surface area contributed by atoms with Crippen LogP contribution >= 0.6 is 0 Å². The SMILES string of the molecule is CCCN(C1CC1)C(c1ccco1)C(C)N. The van der Waals surface area contributed by atoms with Gasteiger partial charge in [0.1, 0.15) is 5.76 Å². The molecule has 2 atom stereocenters. The van der Waals surface area contributed by atoms with E-state index >= 15 is 0 Å². The van der Waals surface area contributed by atoms with E-state index < -0.39 is 0 Å². The first kappa shape index (κ1) is 11.7. The molecular formula is C13H22N2O. The Morgan fingerprint density at radius 1 is 1.56 bits per heavy atom. The Morgan fingerprint density at radius 2 is 2.31 bits per heavy atom. The van der Waals surface area contributed by atoms with Crippen molar-refractivity contribution in [3.8, 4) is 0 Å². The van der Waals surface area contributed by atoms with Crippen LogP contribution in [0, 0.1) is 0 Å². The highest BCUT2D eigenvalue weighted by atomic mass is 16.3. The van der Waals surface area contributed by atoms with Gasteiger partial charge >= 0.3 is 0 Å². The van der Waals surface area contributed by atoms with E-state index in [0.29, 0.717) is 0 Å². The van der Waals surface area contributed by atoms with Crippen LogP contribution in [0.1, 0.15) is 44.9 Å². The number of hydrogen-bond acceptors (Lipinski definition) is 3. The molecule has 2 rings (SSSR count). The molecule has 0 radical (unpaired) electrons. The van der Waals surface area contributed by atoms with Crippen molar-refractivity contribution in [3.63, 3.8) is 0 Å². The lowest BCUT2D eigenvalue weighted by Crippen LogP contribution is -2.41. The highest BCUT2D eigenvalue weighted by Gasteiger charge is 2.36. The molecule has 3 heteroatoms. The summed E-state index contributed by atoms with van der Waals surface area (Å²) in [5.74, 6) is 1.01. The maximum Gasteiger partial charge on any atom is 0.122 e. The smallest absolute Gasteiger partial charge is 0.122 e. The summed E-state index contributed by atoms with van der Waals surface area (Å²) in [6, 6.07) is 5.06. The highest BCUT2D eigenvalue weighted by molar-refractivity contribution is 5.09. The lowest BCUT2D eigenvalue weighted by atomic mass is 10.1. The Kier molecular flexibility index (Phi) is 3.66. The zero-order valence-electron chi connectivity index (χ0n) is 10.2. The molecule has 1 aromatic rings. The minimum atomic E-state index is 0.110. The molecule has 0 aromatic carbocycles. The van der Waals surface area contributed by atoms with Crippen molar-refractivity contribution in [3.05, 3.63) is 24.2 Å². The second kappa shape index (κ2) is 5.02. The quantitative estimate of drug-likeness (QED) is 0.804. The average molecular weight is 222 g/mol. The fourth-order valence-electron chi connectivity index (χ4n) is 2.40. The van der Waals surface area contributed by atoms with Crippen molar-refractivity contribution >= 4 is 0 Å². The van der Waals surface area contributed by atoms with Crippen LogP contribution in [0.25, 0.3) is 0 Å². The van der Waals surface area contributed by atoms with Gasteiger partial charge in [0.15, 0.2) is 0 Å². The van der Waals surface area contributed by atoms with Crippen LogP contribution in [0.3, 0.4) is 0 Å². The number of nitrogens with two attached hydrogens (primary N) is 1. The van der Waals surface area contributed by atoms with Gasteiger partial charge in [0, 0.05) is 12.1 Å². The Balaban J connectivity index is 2.16. The monoisotopic (exact) mass is 222 g/mol. The molecular weight excluding hydrogens is 200 g/mol. The van der Waals surface area contributed by atoms with Crippen LogP contribution in [0.2, 0.25) is 0 Å². The molecule has 1 heterocycles. The van der Waals surface area contributed by atoms with Crippen LogP contribution < -0.4 is 5.73 Å². The minimum Gasteiger partial charge on any atom is -0.468 e. The third kappa shape index (κ3) is 2.47. The molecule has 0 amide bonds. The maximum atomic E-state index is 6.12. The number of nitrogens with zero attached hydrogens (tertiary/aromatic N) is 1. The second-order valence-electron chi connectivity index (χ2n) is 4.79. The van der Waals surface area contributed by atoms with Crippen LogP contribution in [0.4, 0.5) is 0 Å². The molecule has 0 bridgehead atoms. The molecule has 90 valence electrons. The van der Waals surface area contributed by atoms with Crippen molar-refractivity contribution in [1.29, 1.82) is 0 Å². The first-order valence-corrected chi connectivity index (χ1v) is 6.28. The van der Waals surface area contributed by atoms with E-state index in [-0.39, 0.29) is 12.1 Å². The predicted molar refractivity (Wildman–Crippen MR) is 65.1 cm³/mol. The molecule has 1 saturated carbocycles. The molecule has 0 aliphatic heterocycles. The summed E-state index contributed by atoms with van der Waals surface area (Å²) in [5, 5.41) is 0. The summed E-state index contributed by atoms with van der Waals surface area (Å²) >= 11 is 0. The van der Waals surface area contributed by atoms with E-state index in [1.807, 2.05) is 12.1 Å². The van der Waals surface area contributed by atoms with Crippen molar-refractivity contribution in [2.75, 3.05) is 6.54 Å². The van der Waals surface area contributed by atoms with Gasteiger partial charge in [-0.2, -0.15) is 0 Å². The second-order valence-corrected chi connectivity index (χ2v) is 4.79. The van der Waals surface area contributed by atoms with Crippen molar-refractivity contribution in [2.24, 2.45) is 5.73 Å². The third-order valence-electron chi connectivity index (χ3n) is 3.19. The van der Waals surface area contributed by atoms with E-state index in [9.17, 15) is 0 Å². The lowest BCUT2D eigenvalue weighted by Gasteiger charge is -2.32. The third-order valence-corrected chi connectivity index (χ3v) is 3.19. The van der Waals surface area contributed by atoms with Gasteiger partial charge < -0.3 is 10.2 Å². The van der Waals surface area contributed by atoms with Crippen LogP contribution in [-0.4, -0.2) is 23.5 Å². The molecule has 2 unspecified atom stereocenters. The zero-order chi connectivity index (χ0) is 11.5. The standard InChI is InChI=1S/C13H22N2O/c1-3-8-15(11-6-7-11)13(10(2)14)12-5-4-9-16-12/h4-5,9-11,13H,3,6-8,14H2,1-2H3. The van der Waals surface area contributed by atoms with E-state index in [0.717, 1.165) is 18.3 Å². The molecule has 0 spiro atoms. The fourth-order valence-corrected chi connectivity index (χ4v) is 2.40. The van der Waals surface area contributed by atoms with Gasteiger partial charge in [0.25, 0.3) is 0 Å². The number of hydrogen-bond donors (Lipinski definition) is 1. The van der Waals surface area contributed by atoms with Gasteiger partial charge in [-0.1, -0.05) is 6.92 Å². The van der Waals surface area contributed by atoms with Crippen LogP contribution in [0.5, 0.6) is 0 Å². The summed E-state index contributed by atoms with van der Waals surface area (Å²) in [6.45, 7) is 5.39. The van der Waals surface area contributed by atoms with Crippen molar-refractivity contribution < 1.29 is 4.42 Å². The van der Waals surface area contributed by atoms with Gasteiger partial charge in [-0.15, -0.1) is 0 Å². The van der Waals surface area contributed by atoms with Crippen LogP contribution in [0.15, 0.2) is 22.8 Å². The molecule has 1 aromatic heterocycles. The first-order chi connectivity index (χ1) is 7.74. The Morgan fingerprint density at radius 3 is 2.75 bits per heavy atom. The molecule has 0 saturated heterocycles. The fraction of sp³-hybridized carbons (Fsp3) is 0.692. The Bertz CT molecular complexity index is 304. The molecule has 2 N–H and O–H groups in total. The lowest BCUT2D eigenvalue weighted by molar-refractivity contribution is 0.146. The van der Waals surface area contributed by atoms with Gasteiger partial charge in [-0.3, -0.25) is 4.90 Å². The zero-order valence-corrected chi connectivity index (χ0v) is 10.2. The molecule has 16 heavy (non-hydrogen) atoms. The Hall–Kier alpha value is -0.800. The summed E-state index contributed by atoms with van der Waals surface area (Å²) in [4.78, 5) is 2.52. The summed E-state index contributed by atoms with van der Waals surface area (Å²) < 4.78 is 5.54. The van der Waals surface area contributed by atoms with E-state index in [4.69, 9.17) is 10.2 Å². The molecule has 1 aliphatic carbocycles. The van der Waals surface area contributed by atoms with E-state index in [2.05, 4.69) is 18.7 Å². The van der Waals surface area contributed by atoms with Gasteiger partial charge in [-0.25, -0.2) is 0 Å². The molecule has 3 nitrogen and oxygen atoms in total. The molecule has 1 fully saturated rings. The van der Waals surface area contributed by atoms with E-state index in [1.165, 1.54) is 19.3 Å². The van der Waals surface area contributed by atoms with E-state index in [1.54, 1.807) is 6.26 Å². The topological polar surface area (TPSA) is 42.4 Å². The van der Waals surface area contributed by atoms with Gasteiger partial charge in [-0.05, 0) is 44.9 Å². The minimum absolute atomic E-state index is 0.110. The number of rotatable bonds is 6. The summed E-state index contributed by atoms with van der Waals surface area (Å²) in [7, 11) is 0. The largest absolute Gasteiger partial charge is 0.468 e. The van der Waals surface area contributed by atoms with Crippen LogP contribution in [-0.2, 0) is 0 Å². The average Bonchev–Trinajstić information content (AvgIpc) is 2.95. The van der Waals surface area contributed by atoms with Crippen molar-refractivity contribution in [2.45, 2.75) is 51.2 Å². The summed E-state index contributed by atoms with van der Waals surface area (Å²) in [6.07, 6.45) is 5.52. The molecule has 1 aliphatic rings. The first-order valence-electron chi connectivity index (χ1n) is 6.28. The number of furan rings is 1. The van der Waals surface area contributed by atoms with Gasteiger partial charge in [0.2, 0.25) is 0 Å². The highest BCUT2D eigenvalue weighted by Crippen LogP contribution is 2.35.